The van der Waals surface area contributed by atoms with Gasteiger partial charge >= 0.3 is 28.4 Å². The van der Waals surface area contributed by atoms with Crippen LogP contribution in [0.25, 0.3) is 27.9 Å². The van der Waals surface area contributed by atoms with Crippen molar-refractivity contribution in [3.63, 3.8) is 0 Å². The number of phenols is 3. The summed E-state index contributed by atoms with van der Waals surface area (Å²) in [5.74, 6) is -1.75. The van der Waals surface area contributed by atoms with Gasteiger partial charge in [-0.2, -0.15) is 0 Å². The van der Waals surface area contributed by atoms with Crippen LogP contribution < -0.4 is 70.5 Å². The van der Waals surface area contributed by atoms with Crippen LogP contribution in [-0.2, 0) is 103 Å². The lowest BCUT2D eigenvalue weighted by Gasteiger charge is -2.29. The van der Waals surface area contributed by atoms with Crippen LogP contribution in [-0.4, -0.2) is 111 Å². The maximum atomic E-state index is 13.5. The van der Waals surface area contributed by atoms with Gasteiger partial charge in [0.25, 0.3) is 27.8 Å². The number of aromatic hydroxyl groups is 3. The van der Waals surface area contributed by atoms with E-state index in [-0.39, 0.29) is 80.1 Å². The monoisotopic (exact) mass is 1990 g/mol. The second kappa shape index (κ2) is 36.6. The summed E-state index contributed by atoms with van der Waals surface area (Å²) in [4.78, 5) is 196. The zero-order valence-corrected chi connectivity index (χ0v) is 83.1. The molecule has 10 aromatic carbocycles. The van der Waals surface area contributed by atoms with Crippen LogP contribution >= 0.6 is 0 Å². The van der Waals surface area contributed by atoms with Crippen molar-refractivity contribution in [3.05, 3.63) is 508 Å². The fourth-order valence-corrected chi connectivity index (χ4v) is 23.5. The SMILES string of the molecule is COc1cc(C2C3=C(Cc4c2c(=O)n(C)c(=O)n4C)c2ccccc2C3=O)ccc1O.COc1ccc(C2C3=C(Cc4c2c(=O)n(C)c(=O)n4C)c2ccccc2C3=O)cc1.COc1cccc(C2C3=C(Cc4c2c(=O)n(C)c(=O)n4C)c2ccccc2C3=O)c1.Cn1c2c(c(=O)n(C)c1=O)C(c1ccc(O)cc1)C1=C(C2)c2ccccc2C1=O.Cn1c2c(c(=O)n(C)c1=O)C(c1cccc(O)c1)C1=C(C2)c2ccccc2C1=O. The number of fused-ring (bicyclic) bond motifs is 15. The molecule has 10 aliphatic carbocycles. The first-order valence-electron chi connectivity index (χ1n) is 48.0. The molecule has 3 N–H and O–H groups in total. The molecule has 0 fully saturated rings. The highest BCUT2D eigenvalue weighted by atomic mass is 16.5. The van der Waals surface area contributed by atoms with E-state index >= 15 is 0 Å². The van der Waals surface area contributed by atoms with Gasteiger partial charge in [-0.15, -0.1) is 0 Å². The maximum Gasteiger partial charge on any atom is 0.330 e. The van der Waals surface area contributed by atoms with Crippen LogP contribution in [0.1, 0.15) is 193 Å². The number of hydrogen-bond donors (Lipinski definition) is 3. The number of nitrogens with zero attached hydrogens (tertiary/aromatic N) is 10. The van der Waals surface area contributed by atoms with E-state index < -0.39 is 57.6 Å². The van der Waals surface area contributed by atoms with Crippen molar-refractivity contribution in [1.29, 1.82) is 0 Å². The summed E-state index contributed by atoms with van der Waals surface area (Å²) in [6.07, 6.45) is 1.76. The molecule has 0 bridgehead atoms. The van der Waals surface area contributed by atoms with Gasteiger partial charge in [-0.05, 0) is 144 Å². The molecule has 10 aliphatic rings. The van der Waals surface area contributed by atoms with Crippen LogP contribution in [0.5, 0.6) is 34.5 Å². The fourth-order valence-electron chi connectivity index (χ4n) is 23.5. The molecule has 5 heterocycles. The maximum absolute atomic E-state index is 13.5. The van der Waals surface area contributed by atoms with Gasteiger partial charge < -0.3 is 29.5 Å². The van der Waals surface area contributed by atoms with Crippen LogP contribution in [0.3, 0.4) is 0 Å². The molecule has 25 rings (SSSR count). The average Bonchev–Trinajstić information content (AvgIpc) is 1.61. The summed E-state index contributed by atoms with van der Waals surface area (Å²) >= 11 is 0. The van der Waals surface area contributed by atoms with E-state index in [9.17, 15) is 87.2 Å². The summed E-state index contributed by atoms with van der Waals surface area (Å²) in [5.41, 5.74) is 19.8. The van der Waals surface area contributed by atoms with Crippen molar-refractivity contribution >= 4 is 56.8 Å². The second-order valence-corrected chi connectivity index (χ2v) is 38.4. The van der Waals surface area contributed by atoms with Gasteiger partial charge in [-0.3, -0.25) is 93.6 Å². The van der Waals surface area contributed by atoms with Gasteiger partial charge in [0.1, 0.15) is 23.0 Å². The Bertz CT molecular complexity index is 9430. The van der Waals surface area contributed by atoms with E-state index in [0.717, 1.165) is 95.2 Å². The third kappa shape index (κ3) is 14.9. The summed E-state index contributed by atoms with van der Waals surface area (Å²) in [6, 6.07) is 70.0. The Labute approximate surface area is 847 Å². The summed E-state index contributed by atoms with van der Waals surface area (Å²) in [7, 11) is 20.2. The number of rotatable bonds is 8. The van der Waals surface area contributed by atoms with Gasteiger partial charge in [0.05, 0.1) is 21.3 Å². The molecular formula is C118H96N10O21. The largest absolute Gasteiger partial charge is 0.508 e. The quantitative estimate of drug-likeness (QED) is 0.127. The molecule has 149 heavy (non-hydrogen) atoms. The fraction of sp³-hybridized carbons (Fsp3) is 0.195. The summed E-state index contributed by atoms with van der Waals surface area (Å²) < 4.78 is 28.9. The number of phenolic OH excluding ortho intramolecular Hbond substituents is 3. The molecule has 31 nitrogen and oxygen atoms in total. The van der Waals surface area contributed by atoms with Gasteiger partial charge in [0, 0.05) is 244 Å². The number of hydrogen-bond acceptors (Lipinski definition) is 21. The second-order valence-electron chi connectivity index (χ2n) is 38.4. The van der Waals surface area contributed by atoms with Gasteiger partial charge in [0.15, 0.2) is 40.4 Å². The number of carbonyl (C=O) groups excluding carboxylic acids is 5. The molecule has 0 amide bonds. The average molecular weight is 1990 g/mol. The van der Waals surface area contributed by atoms with Gasteiger partial charge in [0.2, 0.25) is 0 Å². The van der Waals surface area contributed by atoms with Crippen LogP contribution in [0.4, 0.5) is 0 Å². The van der Waals surface area contributed by atoms with Crippen molar-refractivity contribution < 1.29 is 53.5 Å². The van der Waals surface area contributed by atoms with Crippen molar-refractivity contribution in [2.24, 2.45) is 70.5 Å². The standard InChI is InChI=1S/C24H20N2O5.2C24H20N2O4.2C23H18N2O4/c1-25-16-11-15-13-6-4-5-7-14(13)22(28)20(15)19(21(16)23(29)26(2)24(25)30)12-8-9-17(27)18(10-12)31-3;1-25-18-12-17-15-9-4-5-10-16(15)22(27)20(17)19(13-7-6-8-14(11-13)30-3)21(18)23(28)26(2)24(25)29;1-25-18-12-17-15-6-4-5-7-16(15)22(27)20(17)19(13-8-10-14(30-3)11-9-13)21(18)23(28)26(2)24(25)29;1-24-17-11-16-14-8-3-4-9-15(14)21(27)19(16)18(12-6-5-7-13(26)10-12)20(17)22(28)25(2)23(24)29;1-24-17-11-16-14-5-3-4-6-15(14)21(27)19(16)18(12-7-9-13(26)10-8-12)20(17)22(28)25(2)23(24)29/h4-10,19,27H,11H2,1-3H3;2*4-11,19H,12H2,1-3H3;2*3-10,18,26H,11H2,1-2H3. The minimum atomic E-state index is -0.682. The molecule has 0 radical (unpaired) electrons. The molecule has 5 unspecified atom stereocenters. The molecular weight excluding hydrogens is 1890 g/mol. The topological polar surface area (TPSA) is 394 Å². The van der Waals surface area contributed by atoms with Crippen LogP contribution in [0.15, 0.2) is 312 Å². The van der Waals surface area contributed by atoms with E-state index in [4.69, 9.17) is 14.2 Å². The summed E-state index contributed by atoms with van der Waals surface area (Å²) in [5, 5.41) is 29.8. The number of ether oxygens (including phenoxy) is 3. The molecule has 744 valence electrons. The number of aromatic nitrogens is 10. The summed E-state index contributed by atoms with van der Waals surface area (Å²) in [6.45, 7) is 0. The molecule has 0 aliphatic heterocycles. The highest BCUT2D eigenvalue weighted by molar-refractivity contribution is 6.26. The number of ketones is 5. The molecule has 5 aromatic heterocycles. The Hall–Kier alpha value is -18.6. The minimum absolute atomic E-state index is 0.0362. The van der Waals surface area contributed by atoms with Crippen molar-refractivity contribution in [2.75, 3.05) is 21.3 Å². The first kappa shape index (κ1) is 96.6. The molecule has 0 saturated carbocycles. The highest BCUT2D eigenvalue weighted by Crippen LogP contribution is 2.55. The Morgan fingerprint density at radius 1 is 0.221 bits per heavy atom. The Morgan fingerprint density at radius 2 is 0.463 bits per heavy atom. The van der Waals surface area contributed by atoms with E-state index in [0.29, 0.717) is 167 Å². The van der Waals surface area contributed by atoms with E-state index in [1.807, 2.05) is 152 Å². The van der Waals surface area contributed by atoms with Gasteiger partial charge in [-0.25, -0.2) is 24.0 Å². The lowest BCUT2D eigenvalue weighted by Crippen LogP contribution is -2.43. The number of benzene rings is 10. The van der Waals surface area contributed by atoms with Crippen LogP contribution in [0.2, 0.25) is 0 Å². The first-order chi connectivity index (χ1) is 71.5. The van der Waals surface area contributed by atoms with Crippen molar-refractivity contribution in [2.45, 2.75) is 61.7 Å². The Balaban J connectivity index is 0.000000109. The minimum Gasteiger partial charge on any atom is -0.508 e. The Morgan fingerprint density at radius 3 is 0.732 bits per heavy atom. The van der Waals surface area contributed by atoms with E-state index in [2.05, 4.69) is 0 Å². The zero-order valence-electron chi connectivity index (χ0n) is 83.1. The van der Waals surface area contributed by atoms with Crippen LogP contribution in [0, 0.1) is 0 Å². The van der Waals surface area contributed by atoms with E-state index in [1.165, 1.54) is 71.3 Å². The predicted molar refractivity (Wildman–Crippen MR) is 558 cm³/mol. The predicted octanol–water partition coefficient (Wildman–Crippen LogP) is 11.3. The number of methoxy groups -OCH3 is 3. The Kier molecular flexibility index (Phi) is 23.7. The van der Waals surface area contributed by atoms with E-state index in [1.54, 1.807) is 128 Å². The molecule has 5 atom stereocenters. The van der Waals surface area contributed by atoms with Crippen molar-refractivity contribution in [3.8, 4) is 34.5 Å². The number of allylic oxidation sites excluding steroid dienone is 10. The molecule has 0 spiro atoms. The zero-order chi connectivity index (χ0) is 105. The number of carbonyl (C=O) groups is 5. The van der Waals surface area contributed by atoms with Crippen molar-refractivity contribution in [1.82, 2.24) is 45.7 Å². The molecule has 31 heteroatoms. The van der Waals surface area contributed by atoms with Gasteiger partial charge in [-0.1, -0.05) is 176 Å². The highest BCUT2D eigenvalue weighted by Gasteiger charge is 2.50. The third-order valence-corrected chi connectivity index (χ3v) is 30.9. The molecule has 0 saturated heterocycles. The number of Topliss-reactive ketones (excluding diaryl/α,β-unsaturated/α-hetero) is 5. The smallest absolute Gasteiger partial charge is 0.330 e. The normalized spacial score (nSPS) is 17.0. The lowest BCUT2D eigenvalue weighted by molar-refractivity contribution is 0.102. The lowest BCUT2D eigenvalue weighted by atomic mass is 9.76. The first-order valence-corrected chi connectivity index (χ1v) is 48.0. The third-order valence-electron chi connectivity index (χ3n) is 30.9. The molecule has 15 aromatic rings.